The number of likely N-dealkylation sites (tertiary alicyclic amines) is 1. The summed E-state index contributed by atoms with van der Waals surface area (Å²) in [5.74, 6) is 0.390. The van der Waals surface area contributed by atoms with Crippen molar-refractivity contribution in [1.82, 2.24) is 19.7 Å². The van der Waals surface area contributed by atoms with E-state index < -0.39 is 0 Å². The van der Waals surface area contributed by atoms with Gasteiger partial charge in [-0.1, -0.05) is 74.5 Å². The minimum atomic E-state index is -0.195. The highest BCUT2D eigenvalue weighted by molar-refractivity contribution is 5.96. The van der Waals surface area contributed by atoms with E-state index in [4.69, 9.17) is 9.72 Å². The zero-order valence-corrected chi connectivity index (χ0v) is 23.0. The second kappa shape index (κ2) is 12.4. The molecule has 0 atom stereocenters. The summed E-state index contributed by atoms with van der Waals surface area (Å²) in [6.45, 7) is 9.08. The van der Waals surface area contributed by atoms with E-state index in [0.717, 1.165) is 61.5 Å². The molecule has 5 rings (SSSR count). The van der Waals surface area contributed by atoms with Gasteiger partial charge >= 0.3 is 6.09 Å². The van der Waals surface area contributed by atoms with Gasteiger partial charge in [0.2, 0.25) is 0 Å². The normalized spacial score (nSPS) is 16.9. The predicted molar refractivity (Wildman–Crippen MR) is 153 cm³/mol. The van der Waals surface area contributed by atoms with Crippen molar-refractivity contribution in [2.45, 2.75) is 32.7 Å². The molecule has 7 heteroatoms. The summed E-state index contributed by atoms with van der Waals surface area (Å²) in [5, 5.41) is 0. The second-order valence-electron chi connectivity index (χ2n) is 10.9. The molecule has 0 N–H and O–H groups in total. The van der Waals surface area contributed by atoms with E-state index in [1.807, 2.05) is 96.4 Å². The lowest BCUT2D eigenvalue weighted by Crippen LogP contribution is -2.54. The number of piperidine rings is 1. The van der Waals surface area contributed by atoms with Gasteiger partial charge in [0, 0.05) is 62.0 Å². The third kappa shape index (κ3) is 6.66. The summed E-state index contributed by atoms with van der Waals surface area (Å²) in [6, 6.07) is 24.3. The molecule has 7 nitrogen and oxygen atoms in total. The average molecular weight is 527 g/mol. The Morgan fingerprint density at radius 2 is 1.33 bits per heavy atom. The lowest BCUT2D eigenvalue weighted by atomic mass is 10.0. The number of pyridine rings is 1. The molecule has 2 aromatic carbocycles. The molecule has 2 aliphatic rings. The summed E-state index contributed by atoms with van der Waals surface area (Å²) in [5.41, 5.74) is 4.27. The fourth-order valence-electron chi connectivity index (χ4n) is 5.38. The van der Waals surface area contributed by atoms with Crippen molar-refractivity contribution in [3.8, 4) is 22.5 Å². The molecule has 1 aromatic heterocycles. The number of rotatable bonds is 6. The predicted octanol–water partition coefficient (Wildman–Crippen LogP) is 5.43. The van der Waals surface area contributed by atoms with Crippen LogP contribution in [0, 0.1) is 5.92 Å². The van der Waals surface area contributed by atoms with Crippen LogP contribution < -0.4 is 0 Å². The van der Waals surface area contributed by atoms with Crippen molar-refractivity contribution in [1.29, 1.82) is 0 Å². The molecule has 2 fully saturated rings. The van der Waals surface area contributed by atoms with Gasteiger partial charge in [-0.05, 0) is 30.9 Å². The molecule has 39 heavy (non-hydrogen) atoms. The molecule has 3 heterocycles. The standard InChI is InChI=1S/C32H38N4O3/c1-24(2)23-39-32(38)36-15-13-28(14-16-36)34-17-19-35(20-18-34)31(37)27-21-29(25-9-5-3-6-10-25)33-30(22-27)26-11-7-4-8-12-26/h3-12,21-22,24,28H,13-20,23H2,1-2H3. The zero-order valence-electron chi connectivity index (χ0n) is 23.0. The van der Waals surface area contributed by atoms with Crippen LogP contribution in [0.15, 0.2) is 72.8 Å². The van der Waals surface area contributed by atoms with Crippen molar-refractivity contribution < 1.29 is 14.3 Å². The Morgan fingerprint density at radius 1 is 0.795 bits per heavy atom. The molecule has 2 aliphatic heterocycles. The molecular weight excluding hydrogens is 488 g/mol. The van der Waals surface area contributed by atoms with E-state index in [-0.39, 0.29) is 12.0 Å². The van der Waals surface area contributed by atoms with Gasteiger partial charge in [0.05, 0.1) is 18.0 Å². The van der Waals surface area contributed by atoms with Crippen LogP contribution in [-0.2, 0) is 4.74 Å². The van der Waals surface area contributed by atoms with Crippen LogP contribution in [0.2, 0.25) is 0 Å². The van der Waals surface area contributed by atoms with E-state index in [1.165, 1.54) is 0 Å². The third-order valence-electron chi connectivity index (χ3n) is 7.59. The minimum Gasteiger partial charge on any atom is -0.449 e. The molecular formula is C32H38N4O3. The number of carbonyl (C=O) groups is 2. The number of hydrogen-bond donors (Lipinski definition) is 0. The van der Waals surface area contributed by atoms with Crippen molar-refractivity contribution in [2.24, 2.45) is 5.92 Å². The number of nitrogens with zero attached hydrogens (tertiary/aromatic N) is 4. The Labute approximate surface area is 231 Å². The van der Waals surface area contributed by atoms with Gasteiger partial charge < -0.3 is 14.5 Å². The first-order valence-corrected chi connectivity index (χ1v) is 14.1. The van der Waals surface area contributed by atoms with Crippen LogP contribution in [0.3, 0.4) is 0 Å². The maximum absolute atomic E-state index is 13.7. The smallest absolute Gasteiger partial charge is 0.409 e. The number of hydrogen-bond acceptors (Lipinski definition) is 5. The molecule has 0 radical (unpaired) electrons. The molecule has 2 amide bonds. The highest BCUT2D eigenvalue weighted by atomic mass is 16.6. The van der Waals surface area contributed by atoms with Crippen molar-refractivity contribution >= 4 is 12.0 Å². The molecule has 0 saturated carbocycles. The molecule has 0 bridgehead atoms. The summed E-state index contributed by atoms with van der Waals surface area (Å²) in [4.78, 5) is 37.2. The molecule has 3 aromatic rings. The molecule has 0 spiro atoms. The first kappa shape index (κ1) is 26.9. The van der Waals surface area contributed by atoms with E-state index in [9.17, 15) is 9.59 Å². The Hall–Kier alpha value is -3.71. The largest absolute Gasteiger partial charge is 0.449 e. The van der Waals surface area contributed by atoms with Crippen molar-refractivity contribution in [3.63, 3.8) is 0 Å². The quantitative estimate of drug-likeness (QED) is 0.429. The van der Waals surface area contributed by atoms with E-state index in [2.05, 4.69) is 4.90 Å². The maximum Gasteiger partial charge on any atom is 0.409 e. The van der Waals surface area contributed by atoms with Crippen LogP contribution in [0.25, 0.3) is 22.5 Å². The highest BCUT2D eigenvalue weighted by Gasteiger charge is 2.31. The van der Waals surface area contributed by atoms with Crippen molar-refractivity contribution in [2.75, 3.05) is 45.9 Å². The van der Waals surface area contributed by atoms with Crippen LogP contribution in [-0.4, -0.2) is 83.6 Å². The summed E-state index contributed by atoms with van der Waals surface area (Å²) in [7, 11) is 0. The minimum absolute atomic E-state index is 0.0501. The van der Waals surface area contributed by atoms with Gasteiger partial charge in [0.25, 0.3) is 5.91 Å². The summed E-state index contributed by atoms with van der Waals surface area (Å²) < 4.78 is 5.40. The van der Waals surface area contributed by atoms with Gasteiger partial charge in [-0.2, -0.15) is 0 Å². The number of benzene rings is 2. The monoisotopic (exact) mass is 526 g/mol. The SMILES string of the molecule is CC(C)COC(=O)N1CCC(N2CCN(C(=O)c3cc(-c4ccccc4)nc(-c4ccccc4)c3)CC2)CC1. The number of piperazine rings is 1. The molecule has 2 saturated heterocycles. The number of amides is 2. The topological polar surface area (TPSA) is 66.0 Å². The molecule has 204 valence electrons. The third-order valence-corrected chi connectivity index (χ3v) is 7.59. The van der Waals surface area contributed by atoms with E-state index >= 15 is 0 Å². The van der Waals surface area contributed by atoms with Gasteiger partial charge in [0.15, 0.2) is 0 Å². The average Bonchev–Trinajstić information content (AvgIpc) is 3.00. The highest BCUT2D eigenvalue weighted by Crippen LogP contribution is 2.26. The maximum atomic E-state index is 13.7. The summed E-state index contributed by atoms with van der Waals surface area (Å²) in [6.07, 6.45) is 1.69. The number of aromatic nitrogens is 1. The first-order chi connectivity index (χ1) is 19.0. The van der Waals surface area contributed by atoms with Crippen LogP contribution in [0.5, 0.6) is 0 Å². The van der Waals surface area contributed by atoms with Crippen LogP contribution in [0.1, 0.15) is 37.0 Å². The van der Waals surface area contributed by atoms with Crippen LogP contribution in [0.4, 0.5) is 4.79 Å². The van der Waals surface area contributed by atoms with Gasteiger partial charge in [-0.15, -0.1) is 0 Å². The lowest BCUT2D eigenvalue weighted by molar-refractivity contribution is 0.0396. The Morgan fingerprint density at radius 3 is 1.85 bits per heavy atom. The fraction of sp³-hybridized carbons (Fsp3) is 0.406. The number of carbonyl (C=O) groups excluding carboxylic acids is 2. The van der Waals surface area contributed by atoms with Gasteiger partial charge in [0.1, 0.15) is 0 Å². The Kier molecular flexibility index (Phi) is 8.57. The van der Waals surface area contributed by atoms with Gasteiger partial charge in [-0.3, -0.25) is 9.69 Å². The zero-order chi connectivity index (χ0) is 27.2. The van der Waals surface area contributed by atoms with Gasteiger partial charge in [-0.25, -0.2) is 9.78 Å². The number of ether oxygens (including phenoxy) is 1. The van der Waals surface area contributed by atoms with Crippen molar-refractivity contribution in [3.05, 3.63) is 78.4 Å². The van der Waals surface area contributed by atoms with Crippen LogP contribution >= 0.6 is 0 Å². The van der Waals surface area contributed by atoms with E-state index in [1.54, 1.807) is 0 Å². The fourth-order valence-corrected chi connectivity index (χ4v) is 5.38. The molecule has 0 aliphatic carbocycles. The Bertz CT molecular complexity index is 1190. The lowest BCUT2D eigenvalue weighted by Gasteiger charge is -2.42. The first-order valence-electron chi connectivity index (χ1n) is 14.1. The summed E-state index contributed by atoms with van der Waals surface area (Å²) >= 11 is 0. The van der Waals surface area contributed by atoms with E-state index in [0.29, 0.717) is 37.2 Å². The Balaban J connectivity index is 1.22. The molecule has 0 unspecified atom stereocenters. The second-order valence-corrected chi connectivity index (χ2v) is 10.9.